The van der Waals surface area contributed by atoms with Crippen molar-refractivity contribution >= 4 is 17.2 Å². The maximum atomic E-state index is 4.40. The van der Waals surface area contributed by atoms with Crippen molar-refractivity contribution < 1.29 is 0 Å². The van der Waals surface area contributed by atoms with E-state index in [1.807, 2.05) is 13.1 Å². The third-order valence-electron chi connectivity index (χ3n) is 2.50. The molecule has 0 amide bonds. The highest BCUT2D eigenvalue weighted by Crippen LogP contribution is 2.12. The minimum atomic E-state index is 0.817. The molecule has 0 radical (unpaired) electrons. The molecule has 0 saturated carbocycles. The second kappa shape index (κ2) is 6.47. The minimum absolute atomic E-state index is 0.817. The van der Waals surface area contributed by atoms with Crippen LogP contribution in [0.1, 0.15) is 17.5 Å². The molecule has 0 unspecified atom stereocenters. The molecule has 2 aromatic heterocycles. The maximum Gasteiger partial charge on any atom is 0.144 e. The summed E-state index contributed by atoms with van der Waals surface area (Å²) >= 11 is 1.78. The fraction of sp³-hybridized carbons (Fsp3) is 0.385. The second-order valence-corrected chi connectivity index (χ2v) is 5.21. The molecule has 18 heavy (non-hydrogen) atoms. The van der Waals surface area contributed by atoms with E-state index in [4.69, 9.17) is 0 Å². The van der Waals surface area contributed by atoms with Gasteiger partial charge in [0.15, 0.2) is 0 Å². The first-order chi connectivity index (χ1) is 8.78. The molecule has 0 aliphatic heterocycles. The smallest absolute Gasteiger partial charge is 0.144 e. The Bertz CT molecular complexity index is 452. The number of nitrogens with one attached hydrogen (secondary N) is 1. The van der Waals surface area contributed by atoms with E-state index in [1.54, 1.807) is 17.5 Å². The van der Waals surface area contributed by atoms with Crippen molar-refractivity contribution in [3.05, 3.63) is 40.5 Å². The maximum absolute atomic E-state index is 4.40. The van der Waals surface area contributed by atoms with E-state index < -0.39 is 0 Å². The van der Waals surface area contributed by atoms with Gasteiger partial charge in [0, 0.05) is 24.5 Å². The van der Waals surface area contributed by atoms with E-state index in [-0.39, 0.29) is 0 Å². The molecule has 0 aliphatic rings. The Kier molecular flexibility index (Phi) is 4.66. The third-order valence-corrected chi connectivity index (χ3v) is 3.36. The van der Waals surface area contributed by atoms with Gasteiger partial charge in [0.05, 0.1) is 18.1 Å². The summed E-state index contributed by atoms with van der Waals surface area (Å²) in [6.45, 7) is 4.68. The molecule has 5 heteroatoms. The Morgan fingerprint density at radius 1 is 1.28 bits per heavy atom. The SMILES string of the molecule is CCNc1cnc(CN(C)Cc2cccs2)cn1. The lowest BCUT2D eigenvalue weighted by molar-refractivity contribution is 0.317. The third kappa shape index (κ3) is 3.78. The summed E-state index contributed by atoms with van der Waals surface area (Å²) < 4.78 is 0. The number of aromatic nitrogens is 2. The normalized spacial score (nSPS) is 10.8. The van der Waals surface area contributed by atoms with Crippen LogP contribution in [-0.2, 0) is 13.1 Å². The van der Waals surface area contributed by atoms with Crippen LogP contribution in [0, 0.1) is 0 Å². The summed E-state index contributed by atoms with van der Waals surface area (Å²) in [5, 5.41) is 5.24. The van der Waals surface area contributed by atoms with Gasteiger partial charge in [0.2, 0.25) is 0 Å². The highest BCUT2D eigenvalue weighted by Gasteiger charge is 2.04. The molecule has 2 heterocycles. The van der Waals surface area contributed by atoms with Crippen LogP contribution in [0.5, 0.6) is 0 Å². The van der Waals surface area contributed by atoms with Crippen molar-refractivity contribution in [1.82, 2.24) is 14.9 Å². The summed E-state index contributed by atoms with van der Waals surface area (Å²) in [6, 6.07) is 4.24. The van der Waals surface area contributed by atoms with Gasteiger partial charge < -0.3 is 5.32 Å². The highest BCUT2D eigenvalue weighted by atomic mass is 32.1. The fourth-order valence-corrected chi connectivity index (χ4v) is 2.49. The topological polar surface area (TPSA) is 41.1 Å². The van der Waals surface area contributed by atoms with Crippen LogP contribution in [0.15, 0.2) is 29.9 Å². The number of rotatable bonds is 6. The van der Waals surface area contributed by atoms with Crippen LogP contribution in [0.25, 0.3) is 0 Å². The second-order valence-electron chi connectivity index (χ2n) is 4.17. The van der Waals surface area contributed by atoms with Gasteiger partial charge in [0.25, 0.3) is 0 Å². The molecule has 0 bridgehead atoms. The first-order valence-electron chi connectivity index (χ1n) is 6.03. The quantitative estimate of drug-likeness (QED) is 0.869. The first kappa shape index (κ1) is 13.0. The van der Waals surface area contributed by atoms with Gasteiger partial charge in [-0.2, -0.15) is 0 Å². The summed E-state index contributed by atoms with van der Waals surface area (Å²) in [5.41, 5.74) is 0.996. The average Bonchev–Trinajstić information content (AvgIpc) is 2.84. The predicted molar refractivity (Wildman–Crippen MR) is 75.7 cm³/mol. The largest absolute Gasteiger partial charge is 0.369 e. The Labute approximate surface area is 112 Å². The molecule has 2 rings (SSSR count). The fourth-order valence-electron chi connectivity index (χ4n) is 1.71. The lowest BCUT2D eigenvalue weighted by Crippen LogP contribution is -2.17. The van der Waals surface area contributed by atoms with Crippen molar-refractivity contribution in [2.45, 2.75) is 20.0 Å². The molecule has 1 N–H and O–H groups in total. The number of hydrogen-bond donors (Lipinski definition) is 1. The Morgan fingerprint density at radius 2 is 2.17 bits per heavy atom. The number of hydrogen-bond acceptors (Lipinski definition) is 5. The Hall–Kier alpha value is -1.46. The molecule has 4 nitrogen and oxygen atoms in total. The molecule has 2 aromatic rings. The molecular weight excluding hydrogens is 244 g/mol. The molecule has 0 spiro atoms. The first-order valence-corrected chi connectivity index (χ1v) is 6.91. The van der Waals surface area contributed by atoms with Gasteiger partial charge in [-0.25, -0.2) is 4.98 Å². The van der Waals surface area contributed by atoms with E-state index in [0.717, 1.165) is 31.1 Å². The average molecular weight is 262 g/mol. The number of thiophene rings is 1. The van der Waals surface area contributed by atoms with Gasteiger partial charge in [-0.05, 0) is 25.4 Å². The summed E-state index contributed by atoms with van der Waals surface area (Å²) in [5.74, 6) is 0.835. The van der Waals surface area contributed by atoms with Crippen LogP contribution in [0.3, 0.4) is 0 Å². The molecule has 0 fully saturated rings. The summed E-state index contributed by atoms with van der Waals surface area (Å²) in [7, 11) is 2.10. The highest BCUT2D eigenvalue weighted by molar-refractivity contribution is 7.09. The summed E-state index contributed by atoms with van der Waals surface area (Å²) in [6.07, 6.45) is 3.63. The van der Waals surface area contributed by atoms with E-state index in [9.17, 15) is 0 Å². The van der Waals surface area contributed by atoms with Crippen LogP contribution >= 0.6 is 11.3 Å². The Balaban J connectivity index is 1.88. The lowest BCUT2D eigenvalue weighted by atomic mass is 10.3. The van der Waals surface area contributed by atoms with Crippen molar-refractivity contribution in [2.24, 2.45) is 0 Å². The van der Waals surface area contributed by atoms with Crippen molar-refractivity contribution in [2.75, 3.05) is 18.9 Å². The van der Waals surface area contributed by atoms with E-state index >= 15 is 0 Å². The lowest BCUT2D eigenvalue weighted by Gasteiger charge is -2.14. The van der Waals surface area contributed by atoms with E-state index in [1.165, 1.54) is 4.88 Å². The number of anilines is 1. The van der Waals surface area contributed by atoms with Crippen LogP contribution in [-0.4, -0.2) is 28.5 Å². The Morgan fingerprint density at radius 3 is 2.78 bits per heavy atom. The monoisotopic (exact) mass is 262 g/mol. The zero-order chi connectivity index (χ0) is 12.8. The molecule has 0 saturated heterocycles. The van der Waals surface area contributed by atoms with E-state index in [2.05, 4.69) is 44.7 Å². The standard InChI is InChI=1S/C13H18N4S/c1-3-14-13-8-15-11(7-16-13)9-17(2)10-12-5-4-6-18-12/h4-8H,3,9-10H2,1-2H3,(H,14,16). The molecule has 0 aliphatic carbocycles. The zero-order valence-electron chi connectivity index (χ0n) is 10.8. The van der Waals surface area contributed by atoms with Crippen molar-refractivity contribution in [1.29, 1.82) is 0 Å². The predicted octanol–water partition coefficient (Wildman–Crippen LogP) is 2.60. The molecular formula is C13H18N4S. The van der Waals surface area contributed by atoms with Gasteiger partial charge in [-0.15, -0.1) is 11.3 Å². The minimum Gasteiger partial charge on any atom is -0.369 e. The molecule has 0 aromatic carbocycles. The van der Waals surface area contributed by atoms with Gasteiger partial charge in [-0.1, -0.05) is 6.07 Å². The summed E-state index contributed by atoms with van der Waals surface area (Å²) in [4.78, 5) is 12.3. The van der Waals surface area contributed by atoms with Crippen LogP contribution in [0.4, 0.5) is 5.82 Å². The van der Waals surface area contributed by atoms with Gasteiger partial charge in [0.1, 0.15) is 5.82 Å². The van der Waals surface area contributed by atoms with Crippen molar-refractivity contribution in [3.8, 4) is 0 Å². The molecule has 0 atom stereocenters. The van der Waals surface area contributed by atoms with Crippen molar-refractivity contribution in [3.63, 3.8) is 0 Å². The van der Waals surface area contributed by atoms with Gasteiger partial charge in [-0.3, -0.25) is 9.88 Å². The van der Waals surface area contributed by atoms with E-state index in [0.29, 0.717) is 0 Å². The number of nitrogens with zero attached hydrogens (tertiary/aromatic N) is 3. The zero-order valence-corrected chi connectivity index (χ0v) is 11.6. The van der Waals surface area contributed by atoms with Crippen LogP contribution in [0.2, 0.25) is 0 Å². The van der Waals surface area contributed by atoms with Crippen LogP contribution < -0.4 is 5.32 Å². The van der Waals surface area contributed by atoms with Gasteiger partial charge >= 0.3 is 0 Å². The molecule has 96 valence electrons.